The van der Waals surface area contributed by atoms with Crippen molar-refractivity contribution < 1.29 is 23.8 Å². The lowest BCUT2D eigenvalue weighted by atomic mass is 9.96. The molecule has 1 aromatic rings. The zero-order valence-electron chi connectivity index (χ0n) is 15.9. The van der Waals surface area contributed by atoms with E-state index < -0.39 is 0 Å². The second kappa shape index (κ2) is 9.27. The summed E-state index contributed by atoms with van der Waals surface area (Å²) in [7, 11) is 3.17. The molecule has 0 bridgehead atoms. The molecule has 1 amide bonds. The molecule has 1 aliphatic rings. The predicted molar refractivity (Wildman–Crippen MR) is 99.1 cm³/mol. The van der Waals surface area contributed by atoms with E-state index in [0.29, 0.717) is 49.6 Å². The lowest BCUT2D eigenvalue weighted by molar-refractivity contribution is -0.150. The Kier molecular flexibility index (Phi) is 7.06. The van der Waals surface area contributed by atoms with Gasteiger partial charge in [0, 0.05) is 18.7 Å². The van der Waals surface area contributed by atoms with E-state index in [1.807, 2.05) is 24.3 Å². The van der Waals surface area contributed by atoms with E-state index in [4.69, 9.17) is 14.2 Å². The molecule has 2 rings (SSSR count). The standard InChI is InChI=1S/C20H27NO5/c1-5-26-20(23)16-8-10-21(11-9-16)19(22)14(2)12-15-6-7-17(24-3)18(13-15)25-4/h6-7,12-13,16H,5,8-11H2,1-4H3/b14-12+. The number of nitrogens with zero attached hydrogens (tertiary/aromatic N) is 1. The summed E-state index contributed by atoms with van der Waals surface area (Å²) in [6.45, 7) is 5.14. The minimum absolute atomic E-state index is 0.0120. The summed E-state index contributed by atoms with van der Waals surface area (Å²) >= 11 is 0. The van der Waals surface area contributed by atoms with Crippen LogP contribution in [0.4, 0.5) is 0 Å². The fraction of sp³-hybridized carbons (Fsp3) is 0.500. The van der Waals surface area contributed by atoms with Crippen molar-refractivity contribution in [1.82, 2.24) is 4.90 Å². The smallest absolute Gasteiger partial charge is 0.309 e. The zero-order chi connectivity index (χ0) is 19.1. The van der Waals surface area contributed by atoms with E-state index in [2.05, 4.69) is 0 Å². The number of carbonyl (C=O) groups excluding carboxylic acids is 2. The third-order valence-corrected chi connectivity index (χ3v) is 4.53. The number of ether oxygens (including phenoxy) is 3. The summed E-state index contributed by atoms with van der Waals surface area (Å²) in [4.78, 5) is 26.3. The van der Waals surface area contributed by atoms with Crippen LogP contribution in [-0.2, 0) is 14.3 Å². The quantitative estimate of drug-likeness (QED) is 0.576. The van der Waals surface area contributed by atoms with Gasteiger partial charge in [-0.2, -0.15) is 0 Å². The summed E-state index contributed by atoms with van der Waals surface area (Å²) in [5.41, 5.74) is 1.52. The Bertz CT molecular complexity index is 675. The summed E-state index contributed by atoms with van der Waals surface area (Å²) in [5, 5.41) is 0. The molecule has 0 saturated carbocycles. The maximum absolute atomic E-state index is 12.7. The molecule has 0 unspecified atom stereocenters. The summed E-state index contributed by atoms with van der Waals surface area (Å²) in [5.74, 6) is 1.000. The molecule has 0 radical (unpaired) electrons. The summed E-state index contributed by atoms with van der Waals surface area (Å²) in [6.07, 6.45) is 3.13. The minimum Gasteiger partial charge on any atom is -0.493 e. The average molecular weight is 361 g/mol. The Balaban J connectivity index is 2.01. The third-order valence-electron chi connectivity index (χ3n) is 4.53. The zero-order valence-corrected chi connectivity index (χ0v) is 15.9. The maximum atomic E-state index is 12.7. The topological polar surface area (TPSA) is 65.1 Å². The van der Waals surface area contributed by atoms with Crippen molar-refractivity contribution >= 4 is 18.0 Å². The molecule has 0 spiro atoms. The number of benzene rings is 1. The molecule has 142 valence electrons. The number of hydrogen-bond acceptors (Lipinski definition) is 5. The van der Waals surface area contributed by atoms with Gasteiger partial charge in [-0.05, 0) is 50.5 Å². The molecule has 6 heteroatoms. The number of esters is 1. The first-order valence-corrected chi connectivity index (χ1v) is 8.86. The van der Waals surface area contributed by atoms with Crippen molar-refractivity contribution in [2.75, 3.05) is 33.9 Å². The minimum atomic E-state index is -0.155. The second-order valence-electron chi connectivity index (χ2n) is 6.26. The molecule has 0 N–H and O–H groups in total. The number of amides is 1. The highest BCUT2D eigenvalue weighted by atomic mass is 16.5. The van der Waals surface area contributed by atoms with Crippen molar-refractivity contribution in [2.24, 2.45) is 5.92 Å². The van der Waals surface area contributed by atoms with Gasteiger partial charge in [0.05, 0.1) is 26.7 Å². The van der Waals surface area contributed by atoms with E-state index in [0.717, 1.165) is 5.56 Å². The SMILES string of the molecule is CCOC(=O)C1CCN(C(=O)/C(C)=C/c2ccc(OC)c(OC)c2)CC1. The van der Waals surface area contributed by atoms with Gasteiger partial charge < -0.3 is 19.1 Å². The van der Waals surface area contributed by atoms with Gasteiger partial charge in [0.25, 0.3) is 0 Å². The van der Waals surface area contributed by atoms with Crippen LogP contribution in [0.15, 0.2) is 23.8 Å². The van der Waals surface area contributed by atoms with Crippen molar-refractivity contribution in [3.63, 3.8) is 0 Å². The summed E-state index contributed by atoms with van der Waals surface area (Å²) in [6, 6.07) is 5.53. The first-order chi connectivity index (χ1) is 12.5. The van der Waals surface area contributed by atoms with E-state index >= 15 is 0 Å². The number of hydrogen-bond donors (Lipinski definition) is 0. The van der Waals surface area contributed by atoms with Gasteiger partial charge in [0.15, 0.2) is 11.5 Å². The Morgan fingerprint density at radius 1 is 1.15 bits per heavy atom. The molecule has 6 nitrogen and oxygen atoms in total. The van der Waals surface area contributed by atoms with Gasteiger partial charge in [-0.3, -0.25) is 9.59 Å². The maximum Gasteiger partial charge on any atom is 0.309 e. The molecule has 0 aliphatic carbocycles. The van der Waals surface area contributed by atoms with Crippen LogP contribution >= 0.6 is 0 Å². The number of carbonyl (C=O) groups is 2. The first kappa shape index (κ1) is 19.8. The predicted octanol–water partition coefficient (Wildman–Crippen LogP) is 2.91. The Hall–Kier alpha value is -2.50. The van der Waals surface area contributed by atoms with Crippen LogP contribution in [0, 0.1) is 5.92 Å². The fourth-order valence-corrected chi connectivity index (χ4v) is 3.08. The molecule has 26 heavy (non-hydrogen) atoms. The highest BCUT2D eigenvalue weighted by molar-refractivity contribution is 5.97. The highest BCUT2D eigenvalue weighted by Gasteiger charge is 2.28. The molecule has 1 fully saturated rings. The number of rotatable bonds is 6. The van der Waals surface area contributed by atoms with Gasteiger partial charge in [-0.1, -0.05) is 6.07 Å². The Morgan fingerprint density at radius 2 is 1.81 bits per heavy atom. The molecule has 1 heterocycles. The molecule has 1 saturated heterocycles. The fourth-order valence-electron chi connectivity index (χ4n) is 3.08. The molecule has 0 atom stereocenters. The molecular weight excluding hydrogens is 334 g/mol. The monoisotopic (exact) mass is 361 g/mol. The second-order valence-corrected chi connectivity index (χ2v) is 6.26. The van der Waals surface area contributed by atoms with Gasteiger partial charge >= 0.3 is 5.97 Å². The van der Waals surface area contributed by atoms with Crippen LogP contribution < -0.4 is 9.47 Å². The van der Waals surface area contributed by atoms with Crippen molar-refractivity contribution in [1.29, 1.82) is 0 Å². The summed E-state index contributed by atoms with van der Waals surface area (Å²) < 4.78 is 15.6. The van der Waals surface area contributed by atoms with Crippen molar-refractivity contribution in [2.45, 2.75) is 26.7 Å². The average Bonchev–Trinajstić information content (AvgIpc) is 2.67. The van der Waals surface area contributed by atoms with Crippen LogP contribution in [0.2, 0.25) is 0 Å². The highest BCUT2D eigenvalue weighted by Crippen LogP contribution is 2.28. The van der Waals surface area contributed by atoms with E-state index in [9.17, 15) is 9.59 Å². The lowest BCUT2D eigenvalue weighted by Gasteiger charge is -2.31. The molecule has 0 aromatic heterocycles. The van der Waals surface area contributed by atoms with Crippen molar-refractivity contribution in [3.8, 4) is 11.5 Å². The lowest BCUT2D eigenvalue weighted by Crippen LogP contribution is -2.41. The molecule has 1 aromatic carbocycles. The number of piperidine rings is 1. The van der Waals surface area contributed by atoms with Crippen molar-refractivity contribution in [3.05, 3.63) is 29.3 Å². The van der Waals surface area contributed by atoms with Gasteiger partial charge in [0.2, 0.25) is 5.91 Å². The van der Waals surface area contributed by atoms with Crippen LogP contribution in [0.5, 0.6) is 11.5 Å². The first-order valence-electron chi connectivity index (χ1n) is 8.86. The molecule has 1 aliphatic heterocycles. The molecular formula is C20H27NO5. The third kappa shape index (κ3) is 4.77. The number of methoxy groups -OCH3 is 2. The van der Waals surface area contributed by atoms with Crippen LogP contribution in [0.25, 0.3) is 6.08 Å². The van der Waals surface area contributed by atoms with E-state index in [1.165, 1.54) is 0 Å². The Labute approximate surface area is 154 Å². The largest absolute Gasteiger partial charge is 0.493 e. The van der Waals surface area contributed by atoms with Crippen LogP contribution in [0.1, 0.15) is 32.3 Å². The van der Waals surface area contributed by atoms with Gasteiger partial charge in [-0.15, -0.1) is 0 Å². The van der Waals surface area contributed by atoms with Crippen LogP contribution in [-0.4, -0.2) is 50.7 Å². The number of likely N-dealkylation sites (tertiary alicyclic amines) is 1. The Morgan fingerprint density at radius 3 is 2.38 bits per heavy atom. The van der Waals surface area contributed by atoms with Gasteiger partial charge in [0.1, 0.15) is 0 Å². The normalized spacial score (nSPS) is 15.5. The van der Waals surface area contributed by atoms with E-state index in [1.54, 1.807) is 33.0 Å². The van der Waals surface area contributed by atoms with Gasteiger partial charge in [-0.25, -0.2) is 0 Å². The van der Waals surface area contributed by atoms with E-state index in [-0.39, 0.29) is 17.8 Å². The van der Waals surface area contributed by atoms with Crippen LogP contribution in [0.3, 0.4) is 0 Å².